The molecule has 1 spiro atoms. The summed E-state index contributed by atoms with van der Waals surface area (Å²) < 4.78 is 12.4. The number of aliphatic hydroxyl groups is 2. The van der Waals surface area contributed by atoms with Crippen LogP contribution in [0.1, 0.15) is 103 Å². The summed E-state index contributed by atoms with van der Waals surface area (Å²) in [5.74, 6) is 3.33. The van der Waals surface area contributed by atoms with E-state index < -0.39 is 71.0 Å². The highest BCUT2D eigenvalue weighted by atomic mass is 16.6. The van der Waals surface area contributed by atoms with E-state index in [2.05, 4.69) is 29.1 Å². The zero-order valence-corrected chi connectivity index (χ0v) is 38.1. The summed E-state index contributed by atoms with van der Waals surface area (Å²) in [6, 6.07) is 36.1. The van der Waals surface area contributed by atoms with Crippen molar-refractivity contribution in [3.05, 3.63) is 179 Å². The number of cyclic esters (lactones) is 1. The Morgan fingerprint density at radius 3 is 2.15 bits per heavy atom. The van der Waals surface area contributed by atoms with Crippen LogP contribution >= 0.6 is 0 Å². The molecule has 0 aromatic heterocycles. The van der Waals surface area contributed by atoms with Crippen LogP contribution in [-0.4, -0.2) is 70.3 Å². The number of nitrogens with one attached hydrogen (secondary N) is 2. The molecule has 348 valence electrons. The van der Waals surface area contributed by atoms with Crippen molar-refractivity contribution in [2.45, 2.75) is 86.7 Å². The lowest BCUT2D eigenvalue weighted by Gasteiger charge is -2.46. The maximum Gasteiger partial charge on any atom is 0.329 e. The quantitative estimate of drug-likeness (QED) is 0.0447. The average Bonchev–Trinajstić information content (AvgIpc) is 3.70. The SMILES string of the molecule is C=CCNC(=O)[C@@H]1[C@H]2C(=O)O[C@H](c3ccccc3)[C@H](c3ccccc3)N2[C@H](c2ccc(OCCO)cc2)[C@@]12C(=O)N(C(=O)N[C@H](C)c1ccccc1)c1ccc(C#CC3(O)CCCCCC3)cc12. The molecule has 1 aliphatic carbocycles. The number of hydrogen-bond donors (Lipinski definition) is 4. The minimum Gasteiger partial charge on any atom is -0.491 e. The highest BCUT2D eigenvalue weighted by Gasteiger charge is 2.75. The summed E-state index contributed by atoms with van der Waals surface area (Å²) in [6.07, 6.45) is 5.37. The number of urea groups is 1. The number of ether oxygens (including phenoxy) is 2. The molecule has 68 heavy (non-hydrogen) atoms. The topological polar surface area (TPSA) is 158 Å². The van der Waals surface area contributed by atoms with Crippen molar-refractivity contribution in [1.29, 1.82) is 0 Å². The van der Waals surface area contributed by atoms with Gasteiger partial charge in [-0.25, -0.2) is 9.69 Å². The maximum atomic E-state index is 16.5. The number of aliphatic hydroxyl groups excluding tert-OH is 1. The van der Waals surface area contributed by atoms with Gasteiger partial charge in [-0.1, -0.05) is 134 Å². The van der Waals surface area contributed by atoms with Gasteiger partial charge in [0.25, 0.3) is 0 Å². The molecule has 5 aromatic rings. The van der Waals surface area contributed by atoms with E-state index in [9.17, 15) is 10.2 Å². The first-order valence-electron chi connectivity index (χ1n) is 23.5. The van der Waals surface area contributed by atoms with E-state index >= 15 is 19.2 Å². The molecule has 4 N–H and O–H groups in total. The van der Waals surface area contributed by atoms with Gasteiger partial charge in [0, 0.05) is 12.1 Å². The molecule has 12 nitrogen and oxygen atoms in total. The van der Waals surface area contributed by atoms with E-state index in [-0.39, 0.29) is 25.4 Å². The molecule has 0 bridgehead atoms. The van der Waals surface area contributed by atoms with E-state index in [0.717, 1.165) is 41.7 Å². The Labute approximate surface area is 397 Å². The fourth-order valence-electron chi connectivity index (χ4n) is 10.9. The molecule has 7 atom stereocenters. The van der Waals surface area contributed by atoms with Crippen LogP contribution in [0, 0.1) is 17.8 Å². The van der Waals surface area contributed by atoms with Crippen molar-refractivity contribution in [1.82, 2.24) is 15.5 Å². The predicted molar refractivity (Wildman–Crippen MR) is 257 cm³/mol. The first kappa shape index (κ1) is 46.1. The van der Waals surface area contributed by atoms with Gasteiger partial charge in [-0.05, 0) is 90.8 Å². The monoisotopic (exact) mass is 912 g/mol. The molecule has 3 heterocycles. The zero-order valence-electron chi connectivity index (χ0n) is 38.1. The summed E-state index contributed by atoms with van der Waals surface area (Å²) in [6.45, 7) is 5.53. The fraction of sp³-hybridized carbons (Fsp3) is 0.321. The number of anilines is 1. The highest BCUT2D eigenvalue weighted by Crippen LogP contribution is 2.66. The predicted octanol–water partition coefficient (Wildman–Crippen LogP) is 7.93. The standard InChI is InChI=1S/C56H56N4O8/c1-3-33-57-51(62)46-48-52(63)68-49(41-21-13-8-14-22-41)47(40-19-11-7-12-20-40)60(48)50(42-24-26-43(27-25-42)67-35-34-61)56(46)44-36-38(29-32-55(66)30-15-4-5-16-31-55)23-28-45(44)59(53(56)64)54(65)58-37(2)39-17-9-6-10-18-39/h3,6-14,17-28,36-37,46-50,61,66H,1,4-5,15-16,30-31,33-35H2,2H3,(H,57,62)(H,58,65)/t37-,46+,47+,48+,49-,50-,56+/m1/s1. The molecule has 2 saturated heterocycles. The van der Waals surface area contributed by atoms with E-state index in [1.807, 2.05) is 103 Å². The molecular weight excluding hydrogens is 857 g/mol. The Kier molecular flexibility index (Phi) is 13.3. The maximum absolute atomic E-state index is 16.5. The first-order chi connectivity index (χ1) is 33.1. The normalized spacial score (nSPS) is 24.3. The summed E-state index contributed by atoms with van der Waals surface area (Å²) in [4.78, 5) is 65.4. The molecule has 0 unspecified atom stereocenters. The van der Waals surface area contributed by atoms with Crippen molar-refractivity contribution in [3.63, 3.8) is 0 Å². The third kappa shape index (κ3) is 8.47. The van der Waals surface area contributed by atoms with Gasteiger partial charge < -0.3 is 30.3 Å². The van der Waals surface area contributed by atoms with Gasteiger partial charge in [-0.2, -0.15) is 0 Å². The number of rotatable bonds is 11. The van der Waals surface area contributed by atoms with Gasteiger partial charge in [-0.3, -0.25) is 19.3 Å². The Balaban J connectivity index is 1.33. The zero-order chi connectivity index (χ0) is 47.4. The number of carbonyl (C=O) groups is 4. The molecule has 5 aromatic carbocycles. The largest absolute Gasteiger partial charge is 0.491 e. The third-order valence-corrected chi connectivity index (χ3v) is 13.9. The van der Waals surface area contributed by atoms with Crippen molar-refractivity contribution in [2.75, 3.05) is 24.7 Å². The van der Waals surface area contributed by atoms with Crippen LogP contribution in [0.25, 0.3) is 0 Å². The minimum absolute atomic E-state index is 0.0213. The van der Waals surface area contributed by atoms with Crippen LogP contribution in [0.3, 0.4) is 0 Å². The molecular formula is C56H56N4O8. The van der Waals surface area contributed by atoms with Gasteiger partial charge in [0.1, 0.15) is 35.5 Å². The number of hydrogen-bond acceptors (Lipinski definition) is 9. The molecule has 9 rings (SSSR count). The number of imide groups is 1. The minimum atomic E-state index is -2.00. The summed E-state index contributed by atoms with van der Waals surface area (Å²) in [7, 11) is 0. The van der Waals surface area contributed by atoms with Crippen LogP contribution in [0.5, 0.6) is 5.75 Å². The molecule has 3 aliphatic heterocycles. The lowest BCUT2D eigenvalue weighted by Crippen LogP contribution is -2.56. The molecule has 4 aliphatic rings. The second-order valence-electron chi connectivity index (χ2n) is 18.1. The number of nitrogens with zero attached hydrogens (tertiary/aromatic N) is 2. The smallest absolute Gasteiger partial charge is 0.329 e. The van der Waals surface area contributed by atoms with E-state index in [0.29, 0.717) is 40.8 Å². The van der Waals surface area contributed by atoms with Crippen LogP contribution < -0.4 is 20.3 Å². The van der Waals surface area contributed by atoms with Crippen LogP contribution in [0.4, 0.5) is 10.5 Å². The second kappa shape index (κ2) is 19.7. The van der Waals surface area contributed by atoms with Crippen molar-refractivity contribution in [2.24, 2.45) is 5.92 Å². The second-order valence-corrected chi connectivity index (χ2v) is 18.1. The molecule has 4 amide bonds. The van der Waals surface area contributed by atoms with Crippen molar-refractivity contribution < 1.29 is 38.9 Å². The fourth-order valence-corrected chi connectivity index (χ4v) is 10.9. The molecule has 3 fully saturated rings. The number of amides is 4. The third-order valence-electron chi connectivity index (χ3n) is 13.9. The first-order valence-corrected chi connectivity index (χ1v) is 23.5. The molecule has 1 saturated carbocycles. The Bertz CT molecular complexity index is 2710. The number of carbonyl (C=O) groups excluding carboxylic acids is 4. The van der Waals surface area contributed by atoms with Crippen molar-refractivity contribution in [3.8, 4) is 17.6 Å². The highest BCUT2D eigenvalue weighted by molar-refractivity contribution is 6.24. The van der Waals surface area contributed by atoms with Crippen LogP contribution in [0.2, 0.25) is 0 Å². The Morgan fingerprint density at radius 1 is 0.853 bits per heavy atom. The molecule has 12 heteroatoms. The van der Waals surface area contributed by atoms with Gasteiger partial charge in [0.05, 0.1) is 36.3 Å². The Hall–Kier alpha value is -7.04. The van der Waals surface area contributed by atoms with Crippen LogP contribution in [-0.2, 0) is 24.5 Å². The number of benzene rings is 5. The van der Waals surface area contributed by atoms with Crippen LogP contribution in [0.15, 0.2) is 146 Å². The van der Waals surface area contributed by atoms with Gasteiger partial charge in [0.2, 0.25) is 11.8 Å². The summed E-state index contributed by atoms with van der Waals surface area (Å²) in [5, 5.41) is 27.3. The van der Waals surface area contributed by atoms with E-state index in [1.165, 1.54) is 6.08 Å². The molecule has 0 radical (unpaired) electrons. The summed E-state index contributed by atoms with van der Waals surface area (Å²) in [5.41, 5.74) is 0.621. The number of esters is 1. The Morgan fingerprint density at radius 2 is 1.50 bits per heavy atom. The van der Waals surface area contributed by atoms with Gasteiger partial charge in [-0.15, -0.1) is 6.58 Å². The van der Waals surface area contributed by atoms with Gasteiger partial charge in [0.15, 0.2) is 0 Å². The summed E-state index contributed by atoms with van der Waals surface area (Å²) >= 11 is 0. The van der Waals surface area contributed by atoms with Crippen molar-refractivity contribution >= 4 is 29.5 Å². The lowest BCUT2D eigenvalue weighted by molar-refractivity contribution is -0.178. The lowest BCUT2D eigenvalue weighted by atomic mass is 9.65. The number of fused-ring (bicyclic) bond motifs is 3. The average molecular weight is 913 g/mol. The van der Waals surface area contributed by atoms with E-state index in [4.69, 9.17) is 9.47 Å². The van der Waals surface area contributed by atoms with Gasteiger partial charge >= 0.3 is 12.0 Å². The number of morpholine rings is 1. The van der Waals surface area contributed by atoms with E-state index in [1.54, 1.807) is 42.5 Å².